The number of likely N-dealkylation sites (tertiary alicyclic amines) is 1. The van der Waals surface area contributed by atoms with Gasteiger partial charge in [0.25, 0.3) is 0 Å². The Hall–Kier alpha value is -0.0800. The molecule has 126 valence electrons. The van der Waals surface area contributed by atoms with Crippen molar-refractivity contribution in [1.82, 2.24) is 10.2 Å². The largest absolute Gasteiger partial charge is 0.316 e. The van der Waals surface area contributed by atoms with Gasteiger partial charge in [-0.05, 0) is 58.4 Å². The van der Waals surface area contributed by atoms with Crippen molar-refractivity contribution in [3.05, 3.63) is 0 Å². The van der Waals surface area contributed by atoms with E-state index in [4.69, 9.17) is 0 Å². The first-order chi connectivity index (χ1) is 10.3. The molecule has 0 bridgehead atoms. The van der Waals surface area contributed by atoms with Crippen molar-refractivity contribution in [2.45, 2.75) is 84.0 Å². The number of hydrogen-bond acceptors (Lipinski definition) is 2. The van der Waals surface area contributed by atoms with Crippen LogP contribution in [0.5, 0.6) is 0 Å². The van der Waals surface area contributed by atoms with Crippen LogP contribution in [0.25, 0.3) is 0 Å². The van der Waals surface area contributed by atoms with Gasteiger partial charge in [0.1, 0.15) is 0 Å². The number of unbranched alkanes of at least 4 members (excludes halogenated alkanes) is 9. The van der Waals surface area contributed by atoms with Crippen LogP contribution < -0.4 is 5.32 Å². The third kappa shape index (κ3) is 11.2. The van der Waals surface area contributed by atoms with Gasteiger partial charge in [0.05, 0.1) is 0 Å². The predicted octanol–water partition coefficient (Wildman–Crippen LogP) is 4.84. The van der Waals surface area contributed by atoms with Crippen molar-refractivity contribution >= 4 is 0 Å². The third-order valence-electron chi connectivity index (χ3n) is 4.98. The van der Waals surface area contributed by atoms with Gasteiger partial charge in [-0.15, -0.1) is 0 Å². The summed E-state index contributed by atoms with van der Waals surface area (Å²) >= 11 is 0. The highest BCUT2D eigenvalue weighted by molar-refractivity contribution is 4.71. The maximum absolute atomic E-state index is 3.68. The third-order valence-corrected chi connectivity index (χ3v) is 4.98. The van der Waals surface area contributed by atoms with Crippen molar-refractivity contribution in [3.8, 4) is 0 Å². The van der Waals surface area contributed by atoms with Crippen LogP contribution in [0.2, 0.25) is 0 Å². The molecule has 1 aliphatic rings. The lowest BCUT2D eigenvalue weighted by molar-refractivity contribution is 0.216. The van der Waals surface area contributed by atoms with Gasteiger partial charge in [-0.3, -0.25) is 0 Å². The molecular weight excluding hydrogens is 256 g/mol. The average molecular weight is 297 g/mol. The summed E-state index contributed by atoms with van der Waals surface area (Å²) in [6.45, 7) is 7.38. The van der Waals surface area contributed by atoms with E-state index in [0.717, 1.165) is 5.92 Å². The smallest absolute Gasteiger partial charge is 0.00187 e. The molecule has 0 amide bonds. The molecule has 1 heterocycles. The molecule has 0 aromatic heterocycles. The van der Waals surface area contributed by atoms with E-state index in [1.165, 1.54) is 103 Å². The number of nitrogens with one attached hydrogen (secondary N) is 1. The molecule has 0 aliphatic carbocycles. The lowest BCUT2D eigenvalue weighted by atomic mass is 9.97. The van der Waals surface area contributed by atoms with Crippen LogP contribution in [-0.2, 0) is 0 Å². The summed E-state index contributed by atoms with van der Waals surface area (Å²) in [7, 11) is 2.24. The van der Waals surface area contributed by atoms with Gasteiger partial charge in [0, 0.05) is 0 Å². The Morgan fingerprint density at radius 2 is 1.33 bits per heavy atom. The molecule has 2 nitrogen and oxygen atoms in total. The molecule has 0 saturated carbocycles. The molecule has 2 heteroatoms. The monoisotopic (exact) mass is 296 g/mol. The van der Waals surface area contributed by atoms with Crippen LogP contribution in [-0.4, -0.2) is 38.1 Å². The summed E-state index contributed by atoms with van der Waals surface area (Å²) in [5, 5.41) is 3.68. The summed E-state index contributed by atoms with van der Waals surface area (Å²) in [5.41, 5.74) is 0. The zero-order chi connectivity index (χ0) is 15.2. The fourth-order valence-corrected chi connectivity index (χ4v) is 3.31. The molecule has 0 aromatic carbocycles. The molecule has 0 aromatic rings. The highest BCUT2D eigenvalue weighted by Gasteiger charge is 2.15. The Labute approximate surface area is 134 Å². The van der Waals surface area contributed by atoms with Crippen LogP contribution in [0.4, 0.5) is 0 Å². The van der Waals surface area contributed by atoms with Crippen molar-refractivity contribution in [3.63, 3.8) is 0 Å². The van der Waals surface area contributed by atoms with Crippen molar-refractivity contribution in [1.29, 1.82) is 0 Å². The van der Waals surface area contributed by atoms with Gasteiger partial charge in [-0.25, -0.2) is 0 Å². The van der Waals surface area contributed by atoms with E-state index >= 15 is 0 Å². The summed E-state index contributed by atoms with van der Waals surface area (Å²) < 4.78 is 0. The first-order valence-electron chi connectivity index (χ1n) is 9.72. The SMILES string of the molecule is CCCCCCCCCCCCNCC1CCN(C)CC1. The summed E-state index contributed by atoms with van der Waals surface area (Å²) in [5.74, 6) is 0.935. The van der Waals surface area contributed by atoms with Gasteiger partial charge in [-0.2, -0.15) is 0 Å². The van der Waals surface area contributed by atoms with E-state index < -0.39 is 0 Å². The normalized spacial score (nSPS) is 17.4. The Morgan fingerprint density at radius 3 is 1.90 bits per heavy atom. The van der Waals surface area contributed by atoms with E-state index in [1.54, 1.807) is 0 Å². The van der Waals surface area contributed by atoms with E-state index in [-0.39, 0.29) is 0 Å². The first-order valence-corrected chi connectivity index (χ1v) is 9.72. The Bertz CT molecular complexity index is 210. The van der Waals surface area contributed by atoms with Crippen LogP contribution in [0.15, 0.2) is 0 Å². The standard InChI is InChI=1S/C19H40N2/c1-3-4-5-6-7-8-9-10-11-12-15-20-18-19-13-16-21(2)17-14-19/h19-20H,3-18H2,1-2H3. The Balaban J connectivity index is 1.73. The van der Waals surface area contributed by atoms with Crippen molar-refractivity contribution in [2.24, 2.45) is 5.92 Å². The van der Waals surface area contributed by atoms with Gasteiger partial charge in [0.2, 0.25) is 0 Å². The van der Waals surface area contributed by atoms with E-state index in [2.05, 4.69) is 24.2 Å². The highest BCUT2D eigenvalue weighted by atomic mass is 15.1. The predicted molar refractivity (Wildman–Crippen MR) is 94.9 cm³/mol. The molecule has 1 saturated heterocycles. The van der Waals surface area contributed by atoms with Crippen LogP contribution in [0, 0.1) is 5.92 Å². The van der Waals surface area contributed by atoms with Gasteiger partial charge in [-0.1, -0.05) is 64.7 Å². The number of hydrogen-bond donors (Lipinski definition) is 1. The van der Waals surface area contributed by atoms with E-state index in [9.17, 15) is 0 Å². The molecule has 1 N–H and O–H groups in total. The van der Waals surface area contributed by atoms with E-state index in [1.807, 2.05) is 0 Å². The Morgan fingerprint density at radius 1 is 0.810 bits per heavy atom. The minimum absolute atomic E-state index is 0.935. The molecule has 0 atom stereocenters. The number of piperidine rings is 1. The second-order valence-electron chi connectivity index (χ2n) is 7.13. The topological polar surface area (TPSA) is 15.3 Å². The minimum Gasteiger partial charge on any atom is -0.316 e. The van der Waals surface area contributed by atoms with Crippen LogP contribution in [0.3, 0.4) is 0 Å². The van der Waals surface area contributed by atoms with Gasteiger partial charge < -0.3 is 10.2 Å². The first kappa shape index (κ1) is 19.0. The average Bonchev–Trinajstić information content (AvgIpc) is 2.50. The molecule has 1 fully saturated rings. The van der Waals surface area contributed by atoms with Gasteiger partial charge in [0.15, 0.2) is 0 Å². The molecule has 0 radical (unpaired) electrons. The zero-order valence-corrected chi connectivity index (χ0v) is 14.8. The quantitative estimate of drug-likeness (QED) is 0.489. The second kappa shape index (κ2) is 13.6. The fourth-order valence-electron chi connectivity index (χ4n) is 3.31. The Kier molecular flexibility index (Phi) is 12.3. The minimum atomic E-state index is 0.935. The molecule has 1 rings (SSSR count). The lowest BCUT2D eigenvalue weighted by Crippen LogP contribution is -2.35. The second-order valence-corrected chi connectivity index (χ2v) is 7.13. The molecule has 1 aliphatic heterocycles. The van der Waals surface area contributed by atoms with Crippen molar-refractivity contribution in [2.75, 3.05) is 33.2 Å². The van der Waals surface area contributed by atoms with E-state index in [0.29, 0.717) is 0 Å². The molecule has 0 unspecified atom stereocenters. The number of rotatable bonds is 13. The summed E-state index contributed by atoms with van der Waals surface area (Å²) in [4.78, 5) is 2.46. The van der Waals surface area contributed by atoms with Crippen LogP contribution in [0.1, 0.15) is 84.0 Å². The fraction of sp³-hybridized carbons (Fsp3) is 1.00. The maximum Gasteiger partial charge on any atom is -0.00187 e. The molecule has 21 heavy (non-hydrogen) atoms. The maximum atomic E-state index is 3.68. The molecule has 0 spiro atoms. The zero-order valence-electron chi connectivity index (χ0n) is 14.8. The molecular formula is C19H40N2. The number of nitrogens with zero attached hydrogens (tertiary/aromatic N) is 1. The van der Waals surface area contributed by atoms with Crippen molar-refractivity contribution < 1.29 is 0 Å². The summed E-state index contributed by atoms with van der Waals surface area (Å²) in [6.07, 6.45) is 17.1. The lowest BCUT2D eigenvalue weighted by Gasteiger charge is -2.29. The van der Waals surface area contributed by atoms with Gasteiger partial charge >= 0.3 is 0 Å². The van der Waals surface area contributed by atoms with Crippen LogP contribution >= 0.6 is 0 Å². The highest BCUT2D eigenvalue weighted by Crippen LogP contribution is 2.14. The summed E-state index contributed by atoms with van der Waals surface area (Å²) in [6, 6.07) is 0.